The molecule has 2 aliphatic rings. The number of ether oxygens (including phenoxy) is 1. The molecule has 4 heterocycles. The van der Waals surface area contributed by atoms with E-state index < -0.39 is 0 Å². The molecule has 22 heavy (non-hydrogen) atoms. The summed E-state index contributed by atoms with van der Waals surface area (Å²) in [7, 11) is 0. The van der Waals surface area contributed by atoms with E-state index in [9.17, 15) is 4.79 Å². The van der Waals surface area contributed by atoms with Crippen molar-refractivity contribution in [2.45, 2.75) is 30.9 Å². The normalized spacial score (nSPS) is 28.4. The molecule has 2 aromatic rings. The van der Waals surface area contributed by atoms with Crippen LogP contribution in [0, 0.1) is 0 Å². The third kappa shape index (κ3) is 2.33. The Morgan fingerprint density at radius 3 is 3.18 bits per heavy atom. The number of imidazole rings is 1. The van der Waals surface area contributed by atoms with Crippen molar-refractivity contribution in [2.24, 2.45) is 0 Å². The minimum absolute atomic E-state index is 0.0301. The van der Waals surface area contributed by atoms with Crippen molar-refractivity contribution < 1.29 is 13.9 Å². The van der Waals surface area contributed by atoms with Crippen molar-refractivity contribution in [1.29, 1.82) is 0 Å². The quantitative estimate of drug-likeness (QED) is 0.852. The molecule has 1 amide bonds. The molecule has 6 heteroatoms. The molecule has 2 atom stereocenters. The molecule has 2 saturated heterocycles. The summed E-state index contributed by atoms with van der Waals surface area (Å²) in [6, 6.07) is 2.03. The van der Waals surface area contributed by atoms with Crippen LogP contribution in [0.3, 0.4) is 0 Å². The van der Waals surface area contributed by atoms with Crippen molar-refractivity contribution in [1.82, 2.24) is 14.5 Å². The van der Waals surface area contributed by atoms with Gasteiger partial charge >= 0.3 is 0 Å². The monoisotopic (exact) mass is 301 g/mol. The summed E-state index contributed by atoms with van der Waals surface area (Å²) in [6.45, 7) is 2.12. The Balaban J connectivity index is 1.48. The van der Waals surface area contributed by atoms with Crippen LogP contribution in [0.4, 0.5) is 0 Å². The minimum atomic E-state index is -0.216. The summed E-state index contributed by atoms with van der Waals surface area (Å²) in [6.07, 6.45) is 11.6. The van der Waals surface area contributed by atoms with Crippen LogP contribution in [0.2, 0.25) is 0 Å². The molecule has 2 unspecified atom stereocenters. The first-order valence-electron chi connectivity index (χ1n) is 7.69. The Hall–Kier alpha value is -2.08. The number of likely N-dealkylation sites (tertiary alicyclic amines) is 1. The molecule has 4 rings (SSSR count). The van der Waals surface area contributed by atoms with Gasteiger partial charge in [0.1, 0.15) is 6.26 Å². The molecule has 2 aromatic heterocycles. The van der Waals surface area contributed by atoms with E-state index in [0.29, 0.717) is 24.8 Å². The van der Waals surface area contributed by atoms with Crippen LogP contribution in [0.15, 0.2) is 41.7 Å². The fourth-order valence-corrected chi connectivity index (χ4v) is 3.62. The zero-order valence-corrected chi connectivity index (χ0v) is 12.4. The molecule has 2 fully saturated rings. The van der Waals surface area contributed by atoms with Crippen LogP contribution in [0.5, 0.6) is 0 Å². The molecule has 0 aliphatic carbocycles. The van der Waals surface area contributed by atoms with Crippen LogP contribution in [-0.4, -0.2) is 45.7 Å². The second kappa shape index (κ2) is 5.28. The molecule has 0 N–H and O–H groups in total. The SMILES string of the molecule is O=C(c1ccoc1)N1CCCC2(CC(n3ccnc3)CO2)C1. The molecule has 116 valence electrons. The van der Waals surface area contributed by atoms with Gasteiger partial charge in [-0.1, -0.05) is 0 Å². The highest BCUT2D eigenvalue weighted by atomic mass is 16.5. The summed E-state index contributed by atoms with van der Waals surface area (Å²) in [5, 5.41) is 0. The average molecular weight is 301 g/mol. The molecular weight excluding hydrogens is 282 g/mol. The standard InChI is InChI=1S/C16H19N3O3/c20-15(13-2-7-21-9-13)18-5-1-3-16(11-18)8-14(10-22-16)19-6-4-17-12-19/h2,4,6-7,9,12,14H,1,3,5,8,10-11H2. The molecule has 2 aliphatic heterocycles. The summed E-state index contributed by atoms with van der Waals surface area (Å²) >= 11 is 0. The van der Waals surface area contributed by atoms with Gasteiger partial charge in [-0.25, -0.2) is 4.98 Å². The van der Waals surface area contributed by atoms with Crippen LogP contribution < -0.4 is 0 Å². The van der Waals surface area contributed by atoms with Gasteiger partial charge in [0.05, 0.1) is 42.9 Å². The highest BCUT2D eigenvalue weighted by Crippen LogP contribution is 2.39. The van der Waals surface area contributed by atoms with E-state index in [-0.39, 0.29) is 11.5 Å². The van der Waals surface area contributed by atoms with Crippen molar-refractivity contribution >= 4 is 5.91 Å². The minimum Gasteiger partial charge on any atom is -0.472 e. The molecule has 0 bridgehead atoms. The van der Waals surface area contributed by atoms with E-state index in [2.05, 4.69) is 9.55 Å². The number of furan rings is 1. The predicted octanol–water partition coefficient (Wildman–Crippen LogP) is 2.11. The largest absolute Gasteiger partial charge is 0.472 e. The Labute approximate surface area is 128 Å². The van der Waals surface area contributed by atoms with Crippen molar-refractivity contribution in [3.63, 3.8) is 0 Å². The van der Waals surface area contributed by atoms with Gasteiger partial charge in [-0.15, -0.1) is 0 Å². The second-order valence-corrected chi connectivity index (χ2v) is 6.20. The van der Waals surface area contributed by atoms with E-state index in [4.69, 9.17) is 9.15 Å². The number of amides is 1. The van der Waals surface area contributed by atoms with Gasteiger partial charge in [-0.05, 0) is 18.9 Å². The van der Waals surface area contributed by atoms with Gasteiger partial charge in [0.2, 0.25) is 0 Å². The third-order valence-corrected chi connectivity index (χ3v) is 4.73. The van der Waals surface area contributed by atoms with Crippen LogP contribution in [0.1, 0.15) is 35.7 Å². The average Bonchev–Trinajstić information content (AvgIpc) is 3.28. The topological polar surface area (TPSA) is 60.5 Å². The molecule has 1 spiro atoms. The van der Waals surface area contributed by atoms with Gasteiger partial charge in [0.15, 0.2) is 0 Å². The van der Waals surface area contributed by atoms with E-state index in [1.165, 1.54) is 12.5 Å². The number of aromatic nitrogens is 2. The second-order valence-electron chi connectivity index (χ2n) is 6.20. The number of nitrogens with zero attached hydrogens (tertiary/aromatic N) is 3. The van der Waals surface area contributed by atoms with Crippen LogP contribution in [-0.2, 0) is 4.74 Å². The molecule has 0 saturated carbocycles. The van der Waals surface area contributed by atoms with Gasteiger partial charge in [-0.2, -0.15) is 0 Å². The molecule has 0 aromatic carbocycles. The zero-order chi connectivity index (χ0) is 15.0. The van der Waals surface area contributed by atoms with E-state index in [0.717, 1.165) is 25.8 Å². The highest BCUT2D eigenvalue weighted by Gasteiger charge is 2.45. The fraction of sp³-hybridized carbons (Fsp3) is 0.500. The van der Waals surface area contributed by atoms with Crippen LogP contribution >= 0.6 is 0 Å². The van der Waals surface area contributed by atoms with Crippen molar-refractivity contribution in [2.75, 3.05) is 19.7 Å². The Morgan fingerprint density at radius 1 is 1.45 bits per heavy atom. The summed E-state index contributed by atoms with van der Waals surface area (Å²) < 4.78 is 13.3. The highest BCUT2D eigenvalue weighted by molar-refractivity contribution is 5.93. The van der Waals surface area contributed by atoms with Gasteiger partial charge in [0, 0.05) is 25.4 Å². The maximum absolute atomic E-state index is 12.5. The number of hydrogen-bond donors (Lipinski definition) is 0. The molecule has 6 nitrogen and oxygen atoms in total. The maximum Gasteiger partial charge on any atom is 0.257 e. The number of carbonyl (C=O) groups excluding carboxylic acids is 1. The number of hydrogen-bond acceptors (Lipinski definition) is 4. The lowest BCUT2D eigenvalue weighted by Gasteiger charge is -2.39. The zero-order valence-electron chi connectivity index (χ0n) is 12.4. The first kappa shape index (κ1) is 13.6. The smallest absolute Gasteiger partial charge is 0.257 e. The Morgan fingerprint density at radius 2 is 2.41 bits per heavy atom. The first-order chi connectivity index (χ1) is 10.8. The predicted molar refractivity (Wildman–Crippen MR) is 78.4 cm³/mol. The van der Waals surface area contributed by atoms with Crippen molar-refractivity contribution in [3.8, 4) is 0 Å². The molecule has 0 radical (unpaired) electrons. The van der Waals surface area contributed by atoms with Crippen molar-refractivity contribution in [3.05, 3.63) is 42.9 Å². The lowest BCUT2D eigenvalue weighted by Crippen LogP contribution is -2.50. The van der Waals surface area contributed by atoms with Gasteiger partial charge in [0.25, 0.3) is 5.91 Å². The van der Waals surface area contributed by atoms with E-state index in [1.807, 2.05) is 17.4 Å². The van der Waals surface area contributed by atoms with Crippen LogP contribution in [0.25, 0.3) is 0 Å². The van der Waals surface area contributed by atoms with Gasteiger partial charge < -0.3 is 18.6 Å². The summed E-state index contributed by atoms with van der Waals surface area (Å²) in [4.78, 5) is 18.5. The lowest BCUT2D eigenvalue weighted by atomic mass is 9.88. The fourth-order valence-electron chi connectivity index (χ4n) is 3.62. The number of carbonyl (C=O) groups is 1. The number of rotatable bonds is 2. The molecular formula is C16H19N3O3. The van der Waals surface area contributed by atoms with E-state index in [1.54, 1.807) is 12.3 Å². The Bertz CT molecular complexity index is 638. The number of piperidine rings is 1. The first-order valence-corrected chi connectivity index (χ1v) is 7.69. The maximum atomic E-state index is 12.5. The van der Waals surface area contributed by atoms with E-state index >= 15 is 0 Å². The summed E-state index contributed by atoms with van der Waals surface area (Å²) in [5.74, 6) is 0.0301. The van der Waals surface area contributed by atoms with Gasteiger partial charge in [-0.3, -0.25) is 4.79 Å². The summed E-state index contributed by atoms with van der Waals surface area (Å²) in [5.41, 5.74) is 0.397. The third-order valence-electron chi connectivity index (χ3n) is 4.73. The lowest BCUT2D eigenvalue weighted by molar-refractivity contribution is -0.0449. The Kier molecular flexibility index (Phi) is 3.26.